The van der Waals surface area contributed by atoms with Gasteiger partial charge in [0.05, 0.1) is 0 Å². The highest BCUT2D eigenvalue weighted by Crippen LogP contribution is 2.02. The fraction of sp³-hybridized carbons (Fsp3) is 0.429. The van der Waals surface area contributed by atoms with Gasteiger partial charge in [-0.1, -0.05) is 30.3 Å². The maximum absolute atomic E-state index is 11.6. The maximum Gasteiger partial charge on any atom is 0.222 e. The SMILES string of the molecule is CC(=O)CCC(=O)N(C)CCc1ccccc1. The summed E-state index contributed by atoms with van der Waals surface area (Å²) in [6, 6.07) is 10.1. The van der Waals surface area contributed by atoms with Crippen LogP contribution in [0.3, 0.4) is 0 Å². The standard InChI is InChI=1S/C14H19NO2/c1-12(16)8-9-14(17)15(2)11-10-13-6-4-3-5-7-13/h3-7H,8-11H2,1-2H3. The Morgan fingerprint density at radius 3 is 2.35 bits per heavy atom. The molecule has 1 aromatic carbocycles. The molecule has 0 aromatic heterocycles. The molecule has 92 valence electrons. The zero-order valence-corrected chi connectivity index (χ0v) is 10.5. The molecule has 3 nitrogen and oxygen atoms in total. The molecule has 0 heterocycles. The van der Waals surface area contributed by atoms with Crippen molar-refractivity contribution in [3.63, 3.8) is 0 Å². The van der Waals surface area contributed by atoms with E-state index in [-0.39, 0.29) is 11.7 Å². The Balaban J connectivity index is 2.31. The van der Waals surface area contributed by atoms with Crippen molar-refractivity contribution in [2.75, 3.05) is 13.6 Å². The summed E-state index contributed by atoms with van der Waals surface area (Å²) >= 11 is 0. The molecule has 0 aliphatic heterocycles. The van der Waals surface area contributed by atoms with Crippen LogP contribution in [0.1, 0.15) is 25.3 Å². The molecule has 3 heteroatoms. The van der Waals surface area contributed by atoms with Gasteiger partial charge in [0, 0.05) is 26.4 Å². The van der Waals surface area contributed by atoms with Crippen molar-refractivity contribution < 1.29 is 9.59 Å². The van der Waals surface area contributed by atoms with Crippen LogP contribution in [0.25, 0.3) is 0 Å². The van der Waals surface area contributed by atoms with Gasteiger partial charge in [-0.15, -0.1) is 0 Å². The summed E-state index contributed by atoms with van der Waals surface area (Å²) in [5, 5.41) is 0. The molecule has 0 aliphatic rings. The second-order valence-electron chi connectivity index (χ2n) is 4.25. The van der Waals surface area contributed by atoms with Crippen LogP contribution in [0, 0.1) is 0 Å². The zero-order chi connectivity index (χ0) is 12.7. The van der Waals surface area contributed by atoms with Crippen molar-refractivity contribution in [3.05, 3.63) is 35.9 Å². The van der Waals surface area contributed by atoms with E-state index in [0.29, 0.717) is 19.4 Å². The molecule has 0 aliphatic carbocycles. The second-order valence-corrected chi connectivity index (χ2v) is 4.25. The predicted octanol–water partition coefficient (Wildman–Crippen LogP) is 2.06. The first-order chi connectivity index (χ1) is 8.09. The Morgan fingerprint density at radius 2 is 1.76 bits per heavy atom. The van der Waals surface area contributed by atoms with E-state index in [1.165, 1.54) is 12.5 Å². The molecule has 1 aromatic rings. The van der Waals surface area contributed by atoms with Crippen LogP contribution in [0.5, 0.6) is 0 Å². The van der Waals surface area contributed by atoms with Crippen molar-refractivity contribution >= 4 is 11.7 Å². The Kier molecular flexibility index (Phi) is 5.40. The average molecular weight is 233 g/mol. The predicted molar refractivity (Wildman–Crippen MR) is 67.7 cm³/mol. The van der Waals surface area contributed by atoms with Crippen LogP contribution in [-0.2, 0) is 16.0 Å². The first-order valence-corrected chi connectivity index (χ1v) is 5.87. The number of rotatable bonds is 6. The van der Waals surface area contributed by atoms with Crippen LogP contribution in [-0.4, -0.2) is 30.2 Å². The van der Waals surface area contributed by atoms with Gasteiger partial charge in [-0.3, -0.25) is 4.79 Å². The third kappa shape index (κ3) is 5.29. The molecule has 0 unspecified atom stereocenters. The fourth-order valence-electron chi connectivity index (χ4n) is 1.54. The van der Waals surface area contributed by atoms with Gasteiger partial charge < -0.3 is 9.69 Å². The Bertz CT molecular complexity index is 373. The third-order valence-electron chi connectivity index (χ3n) is 2.70. The van der Waals surface area contributed by atoms with E-state index in [1.807, 2.05) is 30.3 Å². The number of amides is 1. The topological polar surface area (TPSA) is 37.4 Å². The summed E-state index contributed by atoms with van der Waals surface area (Å²) in [7, 11) is 1.78. The molecule has 0 saturated heterocycles. The Labute approximate surface area is 102 Å². The number of nitrogens with zero attached hydrogens (tertiary/aromatic N) is 1. The fourth-order valence-corrected chi connectivity index (χ4v) is 1.54. The van der Waals surface area contributed by atoms with Gasteiger partial charge in [0.25, 0.3) is 0 Å². The molecule has 17 heavy (non-hydrogen) atoms. The normalized spacial score (nSPS) is 10.0. The van der Waals surface area contributed by atoms with E-state index in [2.05, 4.69) is 0 Å². The summed E-state index contributed by atoms with van der Waals surface area (Å²) in [5.74, 6) is 0.103. The smallest absolute Gasteiger partial charge is 0.222 e. The molecule has 0 bridgehead atoms. The molecule has 0 radical (unpaired) electrons. The number of hydrogen-bond donors (Lipinski definition) is 0. The van der Waals surface area contributed by atoms with Gasteiger partial charge in [-0.05, 0) is 18.9 Å². The lowest BCUT2D eigenvalue weighted by Gasteiger charge is -2.16. The zero-order valence-electron chi connectivity index (χ0n) is 10.5. The van der Waals surface area contributed by atoms with Crippen molar-refractivity contribution in [2.24, 2.45) is 0 Å². The number of benzene rings is 1. The molecular formula is C14H19NO2. The van der Waals surface area contributed by atoms with E-state index in [4.69, 9.17) is 0 Å². The highest BCUT2D eigenvalue weighted by atomic mass is 16.2. The van der Waals surface area contributed by atoms with E-state index in [1.54, 1.807) is 11.9 Å². The molecule has 1 amide bonds. The highest BCUT2D eigenvalue weighted by Gasteiger charge is 2.09. The van der Waals surface area contributed by atoms with E-state index < -0.39 is 0 Å². The minimum Gasteiger partial charge on any atom is -0.345 e. The van der Waals surface area contributed by atoms with Crippen LogP contribution in [0.4, 0.5) is 0 Å². The number of ketones is 1. The van der Waals surface area contributed by atoms with Gasteiger partial charge in [0.15, 0.2) is 0 Å². The minimum atomic E-state index is 0.0381. The van der Waals surface area contributed by atoms with Crippen molar-refractivity contribution in [2.45, 2.75) is 26.2 Å². The summed E-state index contributed by atoms with van der Waals surface area (Å²) in [5.41, 5.74) is 1.22. The van der Waals surface area contributed by atoms with Gasteiger partial charge in [-0.2, -0.15) is 0 Å². The Hall–Kier alpha value is -1.64. The lowest BCUT2D eigenvalue weighted by atomic mass is 10.1. The van der Waals surface area contributed by atoms with Crippen LogP contribution >= 0.6 is 0 Å². The van der Waals surface area contributed by atoms with Crippen LogP contribution in [0.15, 0.2) is 30.3 Å². The maximum atomic E-state index is 11.6. The number of likely N-dealkylation sites (N-methyl/N-ethyl adjacent to an activating group) is 1. The number of hydrogen-bond acceptors (Lipinski definition) is 2. The number of carbonyl (C=O) groups excluding carboxylic acids is 2. The van der Waals surface area contributed by atoms with Gasteiger partial charge in [-0.25, -0.2) is 0 Å². The molecule has 0 atom stereocenters. The molecule has 0 spiro atoms. The summed E-state index contributed by atoms with van der Waals surface area (Å²) in [6.07, 6.45) is 1.51. The van der Waals surface area contributed by atoms with Gasteiger partial charge in [0.2, 0.25) is 5.91 Å². The molecular weight excluding hydrogens is 214 g/mol. The molecule has 0 fully saturated rings. The summed E-state index contributed by atoms with van der Waals surface area (Å²) < 4.78 is 0. The van der Waals surface area contributed by atoms with Crippen molar-refractivity contribution in [3.8, 4) is 0 Å². The number of Topliss-reactive ketones (excluding diaryl/α,β-unsaturated/α-hetero) is 1. The summed E-state index contributed by atoms with van der Waals surface area (Å²) in [6.45, 7) is 2.21. The first kappa shape index (κ1) is 13.4. The summed E-state index contributed by atoms with van der Waals surface area (Å²) in [4.78, 5) is 24.1. The first-order valence-electron chi connectivity index (χ1n) is 5.87. The lowest BCUT2D eigenvalue weighted by Crippen LogP contribution is -2.28. The molecule has 1 rings (SSSR count). The molecule has 0 saturated carbocycles. The van der Waals surface area contributed by atoms with E-state index in [9.17, 15) is 9.59 Å². The lowest BCUT2D eigenvalue weighted by molar-refractivity contribution is -0.131. The number of carbonyl (C=O) groups is 2. The van der Waals surface area contributed by atoms with E-state index >= 15 is 0 Å². The quantitative estimate of drug-likeness (QED) is 0.754. The largest absolute Gasteiger partial charge is 0.345 e. The van der Waals surface area contributed by atoms with E-state index in [0.717, 1.165) is 6.42 Å². The molecule has 0 N–H and O–H groups in total. The van der Waals surface area contributed by atoms with Gasteiger partial charge in [0.1, 0.15) is 5.78 Å². The minimum absolute atomic E-state index is 0.0381. The van der Waals surface area contributed by atoms with Gasteiger partial charge >= 0.3 is 0 Å². The Morgan fingerprint density at radius 1 is 1.12 bits per heavy atom. The van der Waals surface area contributed by atoms with Crippen molar-refractivity contribution in [1.29, 1.82) is 0 Å². The third-order valence-corrected chi connectivity index (χ3v) is 2.70. The highest BCUT2D eigenvalue weighted by molar-refractivity contribution is 5.83. The van der Waals surface area contributed by atoms with Crippen LogP contribution in [0.2, 0.25) is 0 Å². The average Bonchev–Trinajstić information content (AvgIpc) is 2.34. The monoisotopic (exact) mass is 233 g/mol. The second kappa shape index (κ2) is 6.84. The van der Waals surface area contributed by atoms with Crippen LogP contribution < -0.4 is 0 Å². The van der Waals surface area contributed by atoms with Crippen molar-refractivity contribution in [1.82, 2.24) is 4.90 Å².